The molecule has 0 fully saturated rings. The maximum Gasteiger partial charge on any atom is 0.256 e. The van der Waals surface area contributed by atoms with Crippen LogP contribution >= 0.6 is 11.3 Å². The van der Waals surface area contributed by atoms with E-state index in [-0.39, 0.29) is 11.8 Å². The molecule has 0 aliphatic heterocycles. The summed E-state index contributed by atoms with van der Waals surface area (Å²) in [6.07, 6.45) is 2.93. The number of hydrogen-bond acceptors (Lipinski definition) is 3. The van der Waals surface area contributed by atoms with E-state index in [1.165, 1.54) is 4.88 Å². The Kier molecular flexibility index (Phi) is 4.70. The van der Waals surface area contributed by atoms with Gasteiger partial charge in [-0.25, -0.2) is 0 Å². The number of anilines is 1. The van der Waals surface area contributed by atoms with E-state index < -0.39 is 0 Å². The van der Waals surface area contributed by atoms with Crippen LogP contribution in [0.25, 0.3) is 10.8 Å². The van der Waals surface area contributed by atoms with Gasteiger partial charge in [0.05, 0.1) is 5.56 Å². The van der Waals surface area contributed by atoms with Gasteiger partial charge in [-0.2, -0.15) is 0 Å². The molecule has 1 heterocycles. The predicted molar refractivity (Wildman–Crippen MR) is 111 cm³/mol. The first-order valence-electron chi connectivity index (χ1n) is 9.23. The molecule has 0 saturated heterocycles. The highest BCUT2D eigenvalue weighted by Gasteiger charge is 2.28. The van der Waals surface area contributed by atoms with Crippen molar-refractivity contribution in [3.05, 3.63) is 64.0 Å². The third kappa shape index (κ3) is 3.35. The zero-order valence-electron chi connectivity index (χ0n) is 15.5. The Labute approximate surface area is 162 Å². The fourth-order valence-electron chi connectivity index (χ4n) is 3.71. The van der Waals surface area contributed by atoms with E-state index >= 15 is 0 Å². The van der Waals surface area contributed by atoms with Crippen molar-refractivity contribution in [1.29, 1.82) is 0 Å². The highest BCUT2D eigenvalue weighted by atomic mass is 32.1. The lowest BCUT2D eigenvalue weighted by Crippen LogP contribution is -2.22. The van der Waals surface area contributed by atoms with Crippen LogP contribution in [0.5, 0.6) is 0 Å². The van der Waals surface area contributed by atoms with Gasteiger partial charge in [0.1, 0.15) is 5.00 Å². The maximum atomic E-state index is 12.9. The van der Waals surface area contributed by atoms with Crippen molar-refractivity contribution in [3.8, 4) is 0 Å². The number of nitrogens with one attached hydrogen (secondary N) is 2. The first kappa shape index (κ1) is 17.7. The van der Waals surface area contributed by atoms with Gasteiger partial charge in [-0.1, -0.05) is 37.3 Å². The summed E-state index contributed by atoms with van der Waals surface area (Å²) in [5.74, 6) is 0.297. The molecule has 4 rings (SSSR count). The Hall–Kier alpha value is -2.66. The van der Waals surface area contributed by atoms with Gasteiger partial charge in [-0.05, 0) is 53.6 Å². The average Bonchev–Trinajstić information content (AvgIpc) is 3.03. The van der Waals surface area contributed by atoms with Gasteiger partial charge in [0, 0.05) is 17.5 Å². The Bertz CT molecular complexity index is 1040. The van der Waals surface area contributed by atoms with E-state index in [2.05, 4.69) is 17.6 Å². The smallest absolute Gasteiger partial charge is 0.256 e. The van der Waals surface area contributed by atoms with E-state index in [9.17, 15) is 9.59 Å². The number of amides is 2. The van der Waals surface area contributed by atoms with Crippen LogP contribution in [0, 0.1) is 5.92 Å². The quantitative estimate of drug-likeness (QED) is 0.698. The van der Waals surface area contributed by atoms with Gasteiger partial charge >= 0.3 is 0 Å². The van der Waals surface area contributed by atoms with E-state index in [1.54, 1.807) is 18.4 Å². The minimum Gasteiger partial charge on any atom is -0.355 e. The van der Waals surface area contributed by atoms with Gasteiger partial charge in [0.15, 0.2) is 0 Å². The molecule has 2 amide bonds. The molecule has 0 spiro atoms. The second kappa shape index (κ2) is 7.16. The van der Waals surface area contributed by atoms with Crippen LogP contribution in [-0.4, -0.2) is 18.9 Å². The van der Waals surface area contributed by atoms with Crippen molar-refractivity contribution in [2.24, 2.45) is 5.92 Å². The zero-order chi connectivity index (χ0) is 19.0. The van der Waals surface area contributed by atoms with Gasteiger partial charge in [-0.15, -0.1) is 11.3 Å². The molecule has 5 heteroatoms. The number of rotatable bonds is 3. The standard InChI is InChI=1S/C22H22N2O2S/c1-13-7-10-17-18(11-13)27-22(19(17)21(26)23-2)24-20(25)16-9-8-14-5-3-4-6-15(14)12-16/h3-6,8-9,12-13H,7,10-11H2,1-2H3,(H,23,26)(H,24,25). The molecule has 3 aromatic rings. The largest absolute Gasteiger partial charge is 0.355 e. The maximum absolute atomic E-state index is 12.9. The number of hydrogen-bond donors (Lipinski definition) is 2. The van der Waals surface area contributed by atoms with Crippen LogP contribution < -0.4 is 10.6 Å². The van der Waals surface area contributed by atoms with Crippen molar-refractivity contribution >= 4 is 38.9 Å². The molecule has 2 aromatic carbocycles. The lowest BCUT2D eigenvalue weighted by Gasteiger charge is -2.18. The molecule has 1 aliphatic rings. The second-order valence-corrected chi connectivity index (χ2v) is 8.26. The van der Waals surface area contributed by atoms with Gasteiger partial charge < -0.3 is 10.6 Å². The molecule has 27 heavy (non-hydrogen) atoms. The summed E-state index contributed by atoms with van der Waals surface area (Å²) in [5.41, 5.74) is 2.33. The summed E-state index contributed by atoms with van der Waals surface area (Å²) < 4.78 is 0. The van der Waals surface area contributed by atoms with Crippen molar-refractivity contribution in [3.63, 3.8) is 0 Å². The summed E-state index contributed by atoms with van der Waals surface area (Å²) in [6, 6.07) is 13.6. The summed E-state index contributed by atoms with van der Waals surface area (Å²) in [7, 11) is 1.63. The van der Waals surface area contributed by atoms with Crippen LogP contribution in [0.2, 0.25) is 0 Å². The fraction of sp³-hybridized carbons (Fsp3) is 0.273. The minimum absolute atomic E-state index is 0.129. The van der Waals surface area contributed by atoms with Crippen molar-refractivity contribution in [2.75, 3.05) is 12.4 Å². The van der Waals surface area contributed by atoms with Gasteiger partial charge in [-0.3, -0.25) is 9.59 Å². The Morgan fingerprint density at radius 1 is 1.07 bits per heavy atom. The Balaban J connectivity index is 1.68. The average molecular weight is 378 g/mol. The van der Waals surface area contributed by atoms with E-state index in [0.717, 1.165) is 35.6 Å². The van der Waals surface area contributed by atoms with Crippen LogP contribution in [0.1, 0.15) is 44.5 Å². The number of carbonyl (C=O) groups excluding carboxylic acids is 2. The zero-order valence-corrected chi connectivity index (χ0v) is 16.3. The molecule has 138 valence electrons. The molecular weight excluding hydrogens is 356 g/mol. The van der Waals surface area contributed by atoms with Crippen molar-refractivity contribution < 1.29 is 9.59 Å². The third-order valence-electron chi connectivity index (χ3n) is 5.20. The highest BCUT2D eigenvalue weighted by molar-refractivity contribution is 7.17. The molecule has 1 unspecified atom stereocenters. The van der Waals surface area contributed by atoms with Gasteiger partial charge in [0.2, 0.25) is 0 Å². The van der Waals surface area contributed by atoms with E-state index in [1.807, 2.05) is 42.5 Å². The van der Waals surface area contributed by atoms with Crippen LogP contribution in [0.4, 0.5) is 5.00 Å². The minimum atomic E-state index is -0.183. The molecule has 1 atom stereocenters. The van der Waals surface area contributed by atoms with Crippen LogP contribution in [0.3, 0.4) is 0 Å². The molecular formula is C22H22N2O2S. The van der Waals surface area contributed by atoms with E-state index in [0.29, 0.717) is 22.0 Å². The summed E-state index contributed by atoms with van der Waals surface area (Å²) >= 11 is 1.54. The lowest BCUT2D eigenvalue weighted by molar-refractivity contribution is 0.0963. The third-order valence-corrected chi connectivity index (χ3v) is 6.37. The summed E-state index contributed by atoms with van der Waals surface area (Å²) in [4.78, 5) is 26.6. The highest BCUT2D eigenvalue weighted by Crippen LogP contribution is 2.39. The molecule has 0 saturated carbocycles. The number of thiophene rings is 1. The number of carbonyl (C=O) groups is 2. The predicted octanol–water partition coefficient (Wildman–Crippen LogP) is 4.64. The summed E-state index contributed by atoms with van der Waals surface area (Å²) in [6.45, 7) is 2.23. The van der Waals surface area contributed by atoms with Crippen LogP contribution in [-0.2, 0) is 12.8 Å². The fourth-order valence-corrected chi connectivity index (χ4v) is 5.11. The SMILES string of the molecule is CNC(=O)c1c(NC(=O)c2ccc3ccccc3c2)sc2c1CCC(C)C2. The Morgan fingerprint density at radius 3 is 2.63 bits per heavy atom. The van der Waals surface area contributed by atoms with Gasteiger partial charge in [0.25, 0.3) is 11.8 Å². The lowest BCUT2D eigenvalue weighted by atomic mass is 9.88. The molecule has 2 N–H and O–H groups in total. The summed E-state index contributed by atoms with van der Waals surface area (Å²) in [5, 5.41) is 8.50. The first-order chi connectivity index (χ1) is 13.1. The van der Waals surface area contributed by atoms with Crippen molar-refractivity contribution in [2.45, 2.75) is 26.2 Å². The number of benzene rings is 2. The van der Waals surface area contributed by atoms with E-state index in [4.69, 9.17) is 0 Å². The normalized spacial score (nSPS) is 16.0. The molecule has 1 aliphatic carbocycles. The monoisotopic (exact) mass is 378 g/mol. The topological polar surface area (TPSA) is 58.2 Å². The molecule has 0 bridgehead atoms. The number of fused-ring (bicyclic) bond motifs is 2. The first-order valence-corrected chi connectivity index (χ1v) is 10.0. The van der Waals surface area contributed by atoms with Crippen LogP contribution in [0.15, 0.2) is 42.5 Å². The Morgan fingerprint density at radius 2 is 1.85 bits per heavy atom. The molecule has 4 nitrogen and oxygen atoms in total. The second-order valence-electron chi connectivity index (χ2n) is 7.15. The van der Waals surface area contributed by atoms with Crippen molar-refractivity contribution in [1.82, 2.24) is 5.32 Å². The molecule has 0 radical (unpaired) electrons. The molecule has 1 aromatic heterocycles.